The molecule has 130 valence electrons. The summed E-state index contributed by atoms with van der Waals surface area (Å²) in [6, 6.07) is 6.19. The normalized spacial score (nSPS) is 10.8. The van der Waals surface area contributed by atoms with Crippen molar-refractivity contribution in [3.63, 3.8) is 0 Å². The fourth-order valence-corrected chi connectivity index (χ4v) is 3.68. The Labute approximate surface area is 154 Å². The monoisotopic (exact) mass is 373 g/mol. The molecule has 0 spiro atoms. The van der Waals surface area contributed by atoms with Gasteiger partial charge in [0, 0.05) is 16.8 Å². The number of carbonyl (C=O) groups is 1. The molecule has 0 radical (unpaired) electrons. The second-order valence-corrected chi connectivity index (χ2v) is 7.59. The van der Waals surface area contributed by atoms with Crippen molar-refractivity contribution in [2.75, 3.05) is 5.75 Å². The summed E-state index contributed by atoms with van der Waals surface area (Å²) in [5.41, 5.74) is 4.42. The first-order valence-corrected chi connectivity index (χ1v) is 9.67. The Morgan fingerprint density at radius 1 is 1.28 bits per heavy atom. The smallest absolute Gasteiger partial charge is 0.230 e. The average Bonchev–Trinajstić information content (AvgIpc) is 3.22. The first-order chi connectivity index (χ1) is 12.0. The maximum absolute atomic E-state index is 12.1. The van der Waals surface area contributed by atoms with Gasteiger partial charge in [-0.05, 0) is 44.0 Å². The molecule has 0 aliphatic heterocycles. The highest BCUT2D eigenvalue weighted by Crippen LogP contribution is 2.21. The zero-order chi connectivity index (χ0) is 17.8. The number of nitrogens with zero attached hydrogens (tertiary/aromatic N) is 4. The molecule has 6 nitrogen and oxygen atoms in total. The predicted molar refractivity (Wildman–Crippen MR) is 100 cm³/mol. The maximum Gasteiger partial charge on any atom is 0.230 e. The van der Waals surface area contributed by atoms with Gasteiger partial charge in [0.15, 0.2) is 5.16 Å². The van der Waals surface area contributed by atoms with Crippen molar-refractivity contribution in [2.24, 2.45) is 0 Å². The number of hydrogen-bond donors (Lipinski definition) is 1. The number of aromatic nitrogens is 4. The number of aryl methyl sites for hydroxylation is 3. The van der Waals surface area contributed by atoms with Gasteiger partial charge in [0.1, 0.15) is 11.3 Å². The Bertz CT molecular complexity index is 887. The van der Waals surface area contributed by atoms with Gasteiger partial charge in [-0.2, -0.15) is 0 Å². The number of benzene rings is 1. The van der Waals surface area contributed by atoms with Crippen molar-refractivity contribution in [3.8, 4) is 5.69 Å². The molecule has 0 aliphatic rings. The molecule has 1 N–H and O–H groups in total. The summed E-state index contributed by atoms with van der Waals surface area (Å²) in [6.07, 6.45) is 1.67. The van der Waals surface area contributed by atoms with Crippen molar-refractivity contribution in [1.29, 1.82) is 0 Å². The minimum absolute atomic E-state index is 0.0486. The van der Waals surface area contributed by atoms with E-state index in [1.54, 1.807) is 17.7 Å². The molecule has 3 aromatic rings. The van der Waals surface area contributed by atoms with Gasteiger partial charge in [0.05, 0.1) is 12.3 Å². The molecule has 2 aromatic heterocycles. The molecule has 3 rings (SSSR count). The van der Waals surface area contributed by atoms with Crippen LogP contribution in [0, 0.1) is 20.8 Å². The summed E-state index contributed by atoms with van der Waals surface area (Å²) in [4.78, 5) is 16.4. The summed E-state index contributed by atoms with van der Waals surface area (Å²) in [7, 11) is 0. The quantitative estimate of drug-likeness (QED) is 0.672. The maximum atomic E-state index is 12.1. The fraction of sp³-hybridized carbons (Fsp3) is 0.294. The van der Waals surface area contributed by atoms with Crippen LogP contribution in [0.15, 0.2) is 35.1 Å². The summed E-state index contributed by atoms with van der Waals surface area (Å²) >= 11 is 2.92. The second kappa shape index (κ2) is 7.79. The van der Waals surface area contributed by atoms with Crippen LogP contribution in [0.5, 0.6) is 0 Å². The Hall–Kier alpha value is -2.19. The van der Waals surface area contributed by atoms with Gasteiger partial charge in [0.2, 0.25) is 5.91 Å². The lowest BCUT2D eigenvalue weighted by molar-refractivity contribution is -0.118. The van der Waals surface area contributed by atoms with Crippen LogP contribution in [0.4, 0.5) is 0 Å². The van der Waals surface area contributed by atoms with Gasteiger partial charge in [-0.3, -0.25) is 9.36 Å². The lowest BCUT2D eigenvalue weighted by Gasteiger charge is -2.08. The Morgan fingerprint density at radius 3 is 2.84 bits per heavy atom. The first kappa shape index (κ1) is 17.6. The number of thiazole rings is 1. The van der Waals surface area contributed by atoms with E-state index in [0.717, 1.165) is 16.4 Å². The van der Waals surface area contributed by atoms with E-state index in [9.17, 15) is 4.79 Å². The van der Waals surface area contributed by atoms with Gasteiger partial charge in [-0.15, -0.1) is 21.5 Å². The highest BCUT2D eigenvalue weighted by molar-refractivity contribution is 7.99. The van der Waals surface area contributed by atoms with Crippen LogP contribution in [0.1, 0.15) is 21.8 Å². The van der Waals surface area contributed by atoms with Gasteiger partial charge < -0.3 is 5.32 Å². The van der Waals surface area contributed by atoms with Crippen LogP contribution in [-0.2, 0) is 11.3 Å². The number of carbonyl (C=O) groups excluding carboxylic acids is 1. The SMILES string of the molecule is Cc1csc(CNC(=O)CSc2nncn2-c2ccc(C)c(C)c2)n1. The van der Waals surface area contributed by atoms with Crippen LogP contribution in [0.25, 0.3) is 5.69 Å². The summed E-state index contributed by atoms with van der Waals surface area (Å²) in [6.45, 7) is 6.55. The highest BCUT2D eigenvalue weighted by atomic mass is 32.2. The van der Waals surface area contributed by atoms with Crippen LogP contribution >= 0.6 is 23.1 Å². The minimum Gasteiger partial charge on any atom is -0.349 e. The number of thioether (sulfide) groups is 1. The van der Waals surface area contributed by atoms with Gasteiger partial charge in [-0.1, -0.05) is 17.8 Å². The van der Waals surface area contributed by atoms with Crippen molar-refractivity contribution in [2.45, 2.75) is 32.5 Å². The Kier molecular flexibility index (Phi) is 5.50. The minimum atomic E-state index is -0.0486. The molecule has 25 heavy (non-hydrogen) atoms. The van der Waals surface area contributed by atoms with E-state index in [0.29, 0.717) is 11.7 Å². The number of nitrogens with one attached hydrogen (secondary N) is 1. The molecule has 0 unspecified atom stereocenters. The summed E-state index contributed by atoms with van der Waals surface area (Å²) in [5, 5.41) is 14.6. The highest BCUT2D eigenvalue weighted by Gasteiger charge is 2.11. The fourth-order valence-electron chi connectivity index (χ4n) is 2.21. The molecule has 0 aliphatic carbocycles. The molecule has 1 aromatic carbocycles. The standard InChI is InChI=1S/C17H19N5OS2/c1-11-4-5-14(6-12(11)2)22-10-19-21-17(22)25-9-15(23)18-7-16-20-13(3)8-24-16/h4-6,8,10H,7,9H2,1-3H3,(H,18,23). The van der Waals surface area contributed by atoms with Gasteiger partial charge >= 0.3 is 0 Å². The first-order valence-electron chi connectivity index (χ1n) is 7.81. The van der Waals surface area contributed by atoms with E-state index >= 15 is 0 Å². The molecule has 0 saturated heterocycles. The van der Waals surface area contributed by atoms with E-state index in [1.807, 2.05) is 22.9 Å². The largest absolute Gasteiger partial charge is 0.349 e. The van der Waals surface area contributed by atoms with E-state index in [1.165, 1.54) is 22.9 Å². The Balaban J connectivity index is 1.59. The van der Waals surface area contributed by atoms with E-state index in [4.69, 9.17) is 0 Å². The van der Waals surface area contributed by atoms with Gasteiger partial charge in [-0.25, -0.2) is 4.98 Å². The molecule has 2 heterocycles. The van der Waals surface area contributed by atoms with Crippen LogP contribution in [-0.4, -0.2) is 31.4 Å². The molecule has 8 heteroatoms. The molecule has 1 amide bonds. The van der Waals surface area contributed by atoms with E-state index < -0.39 is 0 Å². The third-order valence-electron chi connectivity index (χ3n) is 3.72. The molecule has 0 fully saturated rings. The molecular weight excluding hydrogens is 354 g/mol. The van der Waals surface area contributed by atoms with Crippen molar-refractivity contribution in [3.05, 3.63) is 51.7 Å². The van der Waals surface area contributed by atoms with E-state index in [-0.39, 0.29) is 11.7 Å². The molecule has 0 bridgehead atoms. The third kappa shape index (κ3) is 4.46. The van der Waals surface area contributed by atoms with Crippen molar-refractivity contribution in [1.82, 2.24) is 25.1 Å². The second-order valence-electron chi connectivity index (χ2n) is 5.70. The molecule has 0 atom stereocenters. The molecule has 0 saturated carbocycles. The third-order valence-corrected chi connectivity index (χ3v) is 5.63. The van der Waals surface area contributed by atoms with Crippen LogP contribution < -0.4 is 5.32 Å². The number of hydrogen-bond acceptors (Lipinski definition) is 6. The Morgan fingerprint density at radius 2 is 2.12 bits per heavy atom. The zero-order valence-corrected chi connectivity index (χ0v) is 15.9. The zero-order valence-electron chi connectivity index (χ0n) is 14.3. The van der Waals surface area contributed by atoms with Gasteiger partial charge in [0.25, 0.3) is 0 Å². The lowest BCUT2D eigenvalue weighted by Crippen LogP contribution is -2.24. The number of amides is 1. The average molecular weight is 374 g/mol. The molecular formula is C17H19N5OS2. The predicted octanol–water partition coefficient (Wildman–Crippen LogP) is 3.06. The summed E-state index contributed by atoms with van der Waals surface area (Å²) < 4.78 is 1.90. The van der Waals surface area contributed by atoms with Crippen molar-refractivity contribution < 1.29 is 4.79 Å². The van der Waals surface area contributed by atoms with E-state index in [2.05, 4.69) is 46.5 Å². The number of rotatable bonds is 6. The lowest BCUT2D eigenvalue weighted by atomic mass is 10.1. The van der Waals surface area contributed by atoms with Crippen LogP contribution in [0.2, 0.25) is 0 Å². The summed E-state index contributed by atoms with van der Waals surface area (Å²) in [5.74, 6) is 0.237. The van der Waals surface area contributed by atoms with Crippen LogP contribution in [0.3, 0.4) is 0 Å². The van der Waals surface area contributed by atoms with Crippen molar-refractivity contribution >= 4 is 29.0 Å². The topological polar surface area (TPSA) is 72.7 Å².